The number of aryl methyl sites for hydroxylation is 1. The molecule has 0 atom stereocenters. The number of nitrogens with zero attached hydrogens (tertiary/aromatic N) is 1. The lowest BCUT2D eigenvalue weighted by Crippen LogP contribution is -2.25. The lowest BCUT2D eigenvalue weighted by molar-refractivity contribution is -0.116. The molecule has 0 fully saturated rings. The molecule has 0 bridgehead atoms. The van der Waals surface area contributed by atoms with Gasteiger partial charge in [0.15, 0.2) is 5.78 Å². The quantitative estimate of drug-likeness (QED) is 0.726. The number of aliphatic hydroxyl groups is 1. The van der Waals surface area contributed by atoms with Crippen LogP contribution in [0, 0.1) is 5.41 Å². The zero-order valence-electron chi connectivity index (χ0n) is 14.8. The number of ketones is 1. The minimum Gasteiger partial charge on any atom is -0.512 e. The summed E-state index contributed by atoms with van der Waals surface area (Å²) in [5, 5.41) is 11.0. The Kier molecular flexibility index (Phi) is 4.70. The fraction of sp³-hybridized carbons (Fsp3) is 0.333. The number of hydrogen-bond donors (Lipinski definition) is 1. The third-order valence-electron chi connectivity index (χ3n) is 4.67. The number of carbonyl (C=O) groups is 1. The van der Waals surface area contributed by atoms with Crippen LogP contribution in [0.3, 0.4) is 0 Å². The van der Waals surface area contributed by atoms with Gasteiger partial charge in [0.05, 0.1) is 5.57 Å². The first-order chi connectivity index (χ1) is 11.8. The third kappa shape index (κ3) is 3.62. The molecule has 3 nitrogen and oxygen atoms in total. The third-order valence-corrected chi connectivity index (χ3v) is 4.90. The molecule has 0 saturated heterocycles. The molecule has 0 amide bonds. The van der Waals surface area contributed by atoms with Gasteiger partial charge in [0.1, 0.15) is 10.9 Å². The summed E-state index contributed by atoms with van der Waals surface area (Å²) in [6.07, 6.45) is 3.47. The number of benzene rings is 1. The number of hydrogen-bond acceptors (Lipinski definition) is 3. The van der Waals surface area contributed by atoms with Gasteiger partial charge in [-0.15, -0.1) is 0 Å². The number of Topliss-reactive ketones (excluding diaryl/α,β-unsaturated/α-hetero) is 1. The molecule has 1 aliphatic carbocycles. The molecule has 4 heteroatoms. The molecule has 1 aromatic heterocycles. The molecule has 25 heavy (non-hydrogen) atoms. The van der Waals surface area contributed by atoms with Gasteiger partial charge in [-0.2, -0.15) is 0 Å². The van der Waals surface area contributed by atoms with Crippen LogP contribution in [0.15, 0.2) is 42.3 Å². The molecule has 0 spiro atoms. The van der Waals surface area contributed by atoms with Gasteiger partial charge >= 0.3 is 0 Å². The number of allylic oxidation sites excluding steroid dienone is 2. The normalized spacial score (nSPS) is 17.0. The fourth-order valence-corrected chi connectivity index (χ4v) is 3.55. The van der Waals surface area contributed by atoms with E-state index in [1.54, 1.807) is 12.3 Å². The van der Waals surface area contributed by atoms with Crippen molar-refractivity contribution in [3.8, 4) is 11.1 Å². The molecule has 0 saturated carbocycles. The Hall–Kier alpha value is -2.13. The highest BCUT2D eigenvalue weighted by Crippen LogP contribution is 2.41. The predicted molar refractivity (Wildman–Crippen MR) is 102 cm³/mol. The van der Waals surface area contributed by atoms with E-state index in [4.69, 9.17) is 11.6 Å². The van der Waals surface area contributed by atoms with Crippen LogP contribution in [0.4, 0.5) is 0 Å². The van der Waals surface area contributed by atoms with E-state index in [9.17, 15) is 9.90 Å². The highest BCUT2D eigenvalue weighted by atomic mass is 35.5. The summed E-state index contributed by atoms with van der Waals surface area (Å²) in [5.74, 6) is 0.206. The van der Waals surface area contributed by atoms with Crippen LogP contribution in [-0.4, -0.2) is 15.9 Å². The van der Waals surface area contributed by atoms with Crippen LogP contribution in [0.25, 0.3) is 16.7 Å². The van der Waals surface area contributed by atoms with Gasteiger partial charge in [-0.1, -0.05) is 44.5 Å². The van der Waals surface area contributed by atoms with Gasteiger partial charge in [0, 0.05) is 24.6 Å². The van der Waals surface area contributed by atoms with E-state index in [0.717, 1.165) is 28.7 Å². The molecule has 0 unspecified atom stereocenters. The number of halogens is 1. The maximum atomic E-state index is 12.7. The van der Waals surface area contributed by atoms with Crippen LogP contribution in [-0.2, 0) is 11.2 Å². The Balaban J connectivity index is 2.13. The zero-order chi connectivity index (χ0) is 18.2. The molecule has 2 aromatic rings. The summed E-state index contributed by atoms with van der Waals surface area (Å²) in [6.45, 7) is 6.07. The van der Waals surface area contributed by atoms with E-state index >= 15 is 0 Å². The number of aromatic nitrogens is 1. The molecule has 0 aliphatic heterocycles. The SMILES string of the molecule is CCc1ccc(-c2ccc(Cl)nc2)cc1C1=C(O)CC(C)(C)CC1=O. The van der Waals surface area contributed by atoms with Crippen LogP contribution in [0.1, 0.15) is 44.7 Å². The standard InChI is InChI=1S/C21H22ClNO2/c1-4-13-5-6-14(15-7-8-19(22)23-12-15)9-16(13)20-17(24)10-21(2,3)11-18(20)25/h5-9,12,24H,4,10-11H2,1-3H3. The monoisotopic (exact) mass is 355 g/mol. The van der Waals surface area contributed by atoms with E-state index in [1.165, 1.54) is 0 Å². The van der Waals surface area contributed by atoms with E-state index in [2.05, 4.69) is 11.9 Å². The predicted octanol–water partition coefficient (Wildman–Crippen LogP) is 5.62. The van der Waals surface area contributed by atoms with Crippen molar-refractivity contribution in [1.29, 1.82) is 0 Å². The average Bonchev–Trinajstić information content (AvgIpc) is 2.53. The van der Waals surface area contributed by atoms with Gasteiger partial charge in [0.2, 0.25) is 0 Å². The Bertz CT molecular complexity index is 851. The number of aliphatic hydroxyl groups excluding tert-OH is 1. The molecule has 1 aromatic carbocycles. The molecule has 130 valence electrons. The van der Waals surface area contributed by atoms with Gasteiger partial charge in [0.25, 0.3) is 0 Å². The van der Waals surface area contributed by atoms with Gasteiger partial charge in [-0.25, -0.2) is 4.98 Å². The summed E-state index contributed by atoms with van der Waals surface area (Å²) in [4.78, 5) is 16.9. The van der Waals surface area contributed by atoms with Crippen LogP contribution in [0.2, 0.25) is 5.15 Å². The Morgan fingerprint density at radius 3 is 2.48 bits per heavy atom. The van der Waals surface area contributed by atoms with Crippen molar-refractivity contribution in [2.45, 2.75) is 40.0 Å². The Morgan fingerprint density at radius 2 is 1.88 bits per heavy atom. The molecular formula is C21H22ClNO2. The maximum Gasteiger partial charge on any atom is 0.167 e. The van der Waals surface area contributed by atoms with Gasteiger partial charge in [-0.3, -0.25) is 4.79 Å². The van der Waals surface area contributed by atoms with Crippen molar-refractivity contribution in [3.63, 3.8) is 0 Å². The minimum absolute atomic E-state index is 0.00910. The summed E-state index contributed by atoms with van der Waals surface area (Å²) in [6, 6.07) is 9.66. The molecule has 3 rings (SSSR count). The van der Waals surface area contributed by atoms with Crippen LogP contribution in [0.5, 0.6) is 0 Å². The van der Waals surface area contributed by atoms with E-state index in [0.29, 0.717) is 23.6 Å². The van der Waals surface area contributed by atoms with Gasteiger partial charge < -0.3 is 5.11 Å². The fourth-order valence-electron chi connectivity index (χ4n) is 3.44. The van der Waals surface area contributed by atoms with Crippen molar-refractivity contribution in [3.05, 3.63) is 58.6 Å². The lowest BCUT2D eigenvalue weighted by atomic mass is 9.74. The summed E-state index contributed by atoms with van der Waals surface area (Å²) in [7, 11) is 0. The second-order valence-corrected chi connectivity index (χ2v) is 7.74. The first kappa shape index (κ1) is 17.7. The smallest absolute Gasteiger partial charge is 0.167 e. The lowest BCUT2D eigenvalue weighted by Gasteiger charge is -2.30. The molecule has 1 N–H and O–H groups in total. The van der Waals surface area contributed by atoms with Crippen molar-refractivity contribution in [1.82, 2.24) is 4.98 Å². The van der Waals surface area contributed by atoms with Crippen LogP contribution >= 0.6 is 11.6 Å². The topological polar surface area (TPSA) is 50.2 Å². The highest BCUT2D eigenvalue weighted by molar-refractivity contribution is 6.29. The first-order valence-electron chi connectivity index (χ1n) is 8.51. The number of carbonyl (C=O) groups excluding carboxylic acids is 1. The Morgan fingerprint density at radius 1 is 1.16 bits per heavy atom. The number of pyridine rings is 1. The maximum absolute atomic E-state index is 12.7. The largest absolute Gasteiger partial charge is 0.512 e. The average molecular weight is 356 g/mol. The van der Waals surface area contributed by atoms with Crippen molar-refractivity contribution in [2.24, 2.45) is 5.41 Å². The van der Waals surface area contributed by atoms with Crippen molar-refractivity contribution >= 4 is 23.0 Å². The summed E-state index contributed by atoms with van der Waals surface area (Å²) < 4.78 is 0. The number of rotatable bonds is 3. The first-order valence-corrected chi connectivity index (χ1v) is 8.89. The van der Waals surface area contributed by atoms with Crippen molar-refractivity contribution in [2.75, 3.05) is 0 Å². The highest BCUT2D eigenvalue weighted by Gasteiger charge is 2.34. The molecule has 1 heterocycles. The minimum atomic E-state index is -0.200. The molecule has 0 radical (unpaired) electrons. The van der Waals surface area contributed by atoms with Gasteiger partial charge in [-0.05, 0) is 46.7 Å². The molecule has 1 aliphatic rings. The Labute approximate surface area is 153 Å². The van der Waals surface area contributed by atoms with Crippen molar-refractivity contribution < 1.29 is 9.90 Å². The van der Waals surface area contributed by atoms with Crippen LogP contribution < -0.4 is 0 Å². The second-order valence-electron chi connectivity index (χ2n) is 7.36. The zero-order valence-corrected chi connectivity index (χ0v) is 15.5. The summed E-state index contributed by atoms with van der Waals surface area (Å²) in [5.41, 5.74) is 4.04. The molecular weight excluding hydrogens is 334 g/mol. The van der Waals surface area contributed by atoms with E-state index < -0.39 is 0 Å². The van der Waals surface area contributed by atoms with E-state index in [1.807, 2.05) is 38.1 Å². The summed E-state index contributed by atoms with van der Waals surface area (Å²) >= 11 is 5.87. The van der Waals surface area contributed by atoms with E-state index in [-0.39, 0.29) is 17.0 Å². The second kappa shape index (κ2) is 6.64.